The third-order valence-corrected chi connectivity index (χ3v) is 3.57. The molecule has 0 spiro atoms. The summed E-state index contributed by atoms with van der Waals surface area (Å²) in [7, 11) is 0. The van der Waals surface area contributed by atoms with E-state index in [0.717, 1.165) is 16.9 Å². The lowest BCUT2D eigenvalue weighted by Crippen LogP contribution is -2.03. The van der Waals surface area contributed by atoms with Crippen molar-refractivity contribution < 1.29 is 18.7 Å². The lowest BCUT2D eigenvalue weighted by Gasteiger charge is -2.06. The van der Waals surface area contributed by atoms with Crippen molar-refractivity contribution in [2.75, 3.05) is 0 Å². The van der Waals surface area contributed by atoms with Gasteiger partial charge in [-0.05, 0) is 53.6 Å². The molecule has 0 saturated heterocycles. The normalized spacial score (nSPS) is 10.7. The molecule has 0 aliphatic rings. The van der Waals surface area contributed by atoms with Crippen LogP contribution in [-0.2, 0) is 11.4 Å². The molecule has 0 N–H and O–H groups in total. The third-order valence-electron chi connectivity index (χ3n) is 3.57. The van der Waals surface area contributed by atoms with Gasteiger partial charge in [0.15, 0.2) is 0 Å². The standard InChI is InChI=1S/C22H17FO3/c23-19-9-13-21(14-10-19)26-22(24)15-8-17-6-11-20(12-7-17)25-16-18-4-2-1-3-5-18/h1-15H,16H2/b15-8+. The minimum absolute atomic E-state index is 0.297. The number of carbonyl (C=O) groups is 1. The van der Waals surface area contributed by atoms with Crippen LogP contribution in [0.4, 0.5) is 4.39 Å². The van der Waals surface area contributed by atoms with Crippen molar-refractivity contribution in [2.45, 2.75) is 6.61 Å². The summed E-state index contributed by atoms with van der Waals surface area (Å²) in [5, 5.41) is 0. The maximum atomic E-state index is 12.8. The Balaban J connectivity index is 1.52. The number of hydrogen-bond donors (Lipinski definition) is 0. The van der Waals surface area contributed by atoms with E-state index in [0.29, 0.717) is 12.4 Å². The fourth-order valence-corrected chi connectivity index (χ4v) is 2.23. The second-order valence-corrected chi connectivity index (χ2v) is 5.55. The van der Waals surface area contributed by atoms with Gasteiger partial charge in [-0.25, -0.2) is 9.18 Å². The summed E-state index contributed by atoms with van der Waals surface area (Å²) in [5.41, 5.74) is 1.94. The zero-order chi connectivity index (χ0) is 18.2. The average Bonchev–Trinajstić information content (AvgIpc) is 2.68. The molecule has 26 heavy (non-hydrogen) atoms. The number of halogens is 1. The SMILES string of the molecule is O=C(/C=C/c1ccc(OCc2ccccc2)cc1)Oc1ccc(F)cc1. The molecule has 0 unspecified atom stereocenters. The van der Waals surface area contributed by atoms with Crippen LogP contribution in [0.2, 0.25) is 0 Å². The summed E-state index contributed by atoms with van der Waals surface area (Å²) in [6, 6.07) is 22.6. The number of carbonyl (C=O) groups excluding carboxylic acids is 1. The van der Waals surface area contributed by atoms with Gasteiger partial charge >= 0.3 is 5.97 Å². The van der Waals surface area contributed by atoms with Crippen LogP contribution < -0.4 is 9.47 Å². The molecule has 0 atom stereocenters. The summed E-state index contributed by atoms with van der Waals surface area (Å²) in [6.45, 7) is 0.500. The van der Waals surface area contributed by atoms with Crippen LogP contribution in [0.5, 0.6) is 11.5 Å². The molecule has 3 aromatic rings. The summed E-state index contributed by atoms with van der Waals surface area (Å²) >= 11 is 0. The van der Waals surface area contributed by atoms with E-state index < -0.39 is 5.97 Å². The van der Waals surface area contributed by atoms with Crippen molar-refractivity contribution in [2.24, 2.45) is 0 Å². The molecule has 0 saturated carbocycles. The van der Waals surface area contributed by atoms with Gasteiger partial charge < -0.3 is 9.47 Å². The molecule has 3 nitrogen and oxygen atoms in total. The number of rotatable bonds is 6. The second-order valence-electron chi connectivity index (χ2n) is 5.55. The zero-order valence-corrected chi connectivity index (χ0v) is 14.0. The maximum Gasteiger partial charge on any atom is 0.336 e. The van der Waals surface area contributed by atoms with Gasteiger partial charge in [0.25, 0.3) is 0 Å². The molecule has 0 amide bonds. The molecule has 0 fully saturated rings. The van der Waals surface area contributed by atoms with Gasteiger partial charge in [0.05, 0.1) is 0 Å². The fourth-order valence-electron chi connectivity index (χ4n) is 2.23. The van der Waals surface area contributed by atoms with E-state index >= 15 is 0 Å². The van der Waals surface area contributed by atoms with E-state index in [-0.39, 0.29) is 5.82 Å². The average molecular weight is 348 g/mol. The first-order chi connectivity index (χ1) is 12.7. The highest BCUT2D eigenvalue weighted by molar-refractivity contribution is 5.88. The van der Waals surface area contributed by atoms with Crippen LogP contribution >= 0.6 is 0 Å². The lowest BCUT2D eigenvalue weighted by molar-refractivity contribution is -0.128. The molecule has 0 aliphatic carbocycles. The van der Waals surface area contributed by atoms with Crippen molar-refractivity contribution in [3.8, 4) is 11.5 Å². The Morgan fingerprint density at radius 3 is 2.19 bits per heavy atom. The molecule has 0 heterocycles. The van der Waals surface area contributed by atoms with E-state index in [2.05, 4.69) is 0 Å². The van der Waals surface area contributed by atoms with E-state index in [4.69, 9.17) is 9.47 Å². The largest absolute Gasteiger partial charge is 0.489 e. The minimum Gasteiger partial charge on any atom is -0.489 e. The van der Waals surface area contributed by atoms with E-state index in [9.17, 15) is 9.18 Å². The molecule has 4 heteroatoms. The molecule has 0 bridgehead atoms. The van der Waals surface area contributed by atoms with Crippen molar-refractivity contribution in [3.05, 3.63) is 102 Å². The van der Waals surface area contributed by atoms with Crippen LogP contribution in [0.15, 0.2) is 84.9 Å². The Bertz CT molecular complexity index is 870. The zero-order valence-electron chi connectivity index (χ0n) is 14.0. The van der Waals surface area contributed by atoms with Gasteiger partial charge in [-0.15, -0.1) is 0 Å². The number of benzene rings is 3. The predicted molar refractivity (Wildman–Crippen MR) is 98.3 cm³/mol. The molecule has 3 rings (SSSR count). The Morgan fingerprint density at radius 2 is 1.50 bits per heavy atom. The van der Waals surface area contributed by atoms with E-state index in [1.807, 2.05) is 54.6 Å². The van der Waals surface area contributed by atoms with Crippen molar-refractivity contribution >= 4 is 12.0 Å². The molecule has 130 valence electrons. The van der Waals surface area contributed by atoms with Crippen LogP contribution in [0.3, 0.4) is 0 Å². The molecule has 0 radical (unpaired) electrons. The van der Waals surface area contributed by atoms with Gasteiger partial charge in [-0.1, -0.05) is 42.5 Å². The van der Waals surface area contributed by atoms with Gasteiger partial charge in [-0.2, -0.15) is 0 Å². The van der Waals surface area contributed by atoms with E-state index in [1.165, 1.54) is 30.3 Å². The Hall–Kier alpha value is -3.40. The Kier molecular flexibility index (Phi) is 5.78. The Morgan fingerprint density at radius 1 is 0.846 bits per heavy atom. The molecular weight excluding hydrogens is 331 g/mol. The van der Waals surface area contributed by atoms with Crippen LogP contribution in [-0.4, -0.2) is 5.97 Å². The smallest absolute Gasteiger partial charge is 0.336 e. The highest BCUT2D eigenvalue weighted by atomic mass is 19.1. The quantitative estimate of drug-likeness (QED) is 0.356. The highest BCUT2D eigenvalue weighted by Gasteiger charge is 2.01. The first-order valence-corrected chi connectivity index (χ1v) is 8.11. The monoisotopic (exact) mass is 348 g/mol. The van der Waals surface area contributed by atoms with Crippen LogP contribution in [0.1, 0.15) is 11.1 Å². The number of esters is 1. The summed E-state index contributed by atoms with van der Waals surface area (Å²) in [6.07, 6.45) is 2.97. The molecular formula is C22H17FO3. The minimum atomic E-state index is -0.527. The van der Waals surface area contributed by atoms with Gasteiger partial charge in [0, 0.05) is 6.08 Å². The first kappa shape index (κ1) is 17.4. The van der Waals surface area contributed by atoms with Crippen LogP contribution in [0, 0.1) is 5.82 Å². The number of hydrogen-bond acceptors (Lipinski definition) is 3. The summed E-state index contributed by atoms with van der Waals surface area (Å²) < 4.78 is 23.6. The molecule has 3 aromatic carbocycles. The number of ether oxygens (including phenoxy) is 2. The van der Waals surface area contributed by atoms with Crippen molar-refractivity contribution in [1.82, 2.24) is 0 Å². The molecule has 0 aromatic heterocycles. The van der Waals surface area contributed by atoms with Gasteiger partial charge in [0.1, 0.15) is 23.9 Å². The first-order valence-electron chi connectivity index (χ1n) is 8.11. The second kappa shape index (κ2) is 8.62. The van der Waals surface area contributed by atoms with Crippen molar-refractivity contribution in [3.63, 3.8) is 0 Å². The van der Waals surface area contributed by atoms with Gasteiger partial charge in [0.2, 0.25) is 0 Å². The lowest BCUT2D eigenvalue weighted by atomic mass is 10.2. The van der Waals surface area contributed by atoms with Gasteiger partial charge in [-0.3, -0.25) is 0 Å². The highest BCUT2D eigenvalue weighted by Crippen LogP contribution is 2.16. The third kappa shape index (κ3) is 5.31. The summed E-state index contributed by atoms with van der Waals surface area (Å²) in [5.74, 6) is 0.140. The molecule has 0 aliphatic heterocycles. The Labute approximate surface area is 151 Å². The fraction of sp³-hybridized carbons (Fsp3) is 0.0455. The maximum absolute atomic E-state index is 12.8. The summed E-state index contributed by atoms with van der Waals surface area (Å²) in [4.78, 5) is 11.8. The van der Waals surface area contributed by atoms with Crippen molar-refractivity contribution in [1.29, 1.82) is 0 Å². The van der Waals surface area contributed by atoms with Crippen LogP contribution in [0.25, 0.3) is 6.08 Å². The topological polar surface area (TPSA) is 35.5 Å². The predicted octanol–water partition coefficient (Wildman–Crippen LogP) is 5.02. The van der Waals surface area contributed by atoms with E-state index in [1.54, 1.807) is 6.08 Å².